The number of fused-ring (bicyclic) bond motifs is 6. The van der Waals surface area contributed by atoms with Crippen LogP contribution in [0.3, 0.4) is 0 Å². The average Bonchev–Trinajstić information content (AvgIpc) is 3.37. The number of nitro groups is 1. The molecule has 0 aliphatic carbocycles. The van der Waals surface area contributed by atoms with Gasteiger partial charge < -0.3 is 9.15 Å². The Morgan fingerprint density at radius 2 is 1.74 bits per heavy atom. The maximum Gasteiger partial charge on any atom is 0.344 e. The van der Waals surface area contributed by atoms with Crippen molar-refractivity contribution in [2.24, 2.45) is 0 Å². The first-order chi connectivity index (χ1) is 18.5. The first-order valence-electron chi connectivity index (χ1n) is 11.5. The predicted octanol–water partition coefficient (Wildman–Crippen LogP) is 5.85. The summed E-state index contributed by atoms with van der Waals surface area (Å²) in [5.74, 6) is 0.330. The predicted molar refractivity (Wildman–Crippen MR) is 141 cm³/mol. The van der Waals surface area contributed by atoms with Crippen LogP contribution in [-0.4, -0.2) is 24.5 Å². The number of non-ortho nitro benzene ring substituents is 1. The van der Waals surface area contributed by atoms with Crippen molar-refractivity contribution in [1.29, 1.82) is 0 Å². The number of rotatable bonds is 3. The highest BCUT2D eigenvalue weighted by molar-refractivity contribution is 9.10. The maximum atomic E-state index is 13.4. The van der Waals surface area contributed by atoms with Gasteiger partial charge in [0.05, 0.1) is 27.4 Å². The van der Waals surface area contributed by atoms with E-state index in [4.69, 9.17) is 14.1 Å². The fourth-order valence-electron chi connectivity index (χ4n) is 4.77. The number of hydrogen-bond donors (Lipinski definition) is 0. The summed E-state index contributed by atoms with van der Waals surface area (Å²) in [6, 6.07) is 20.7. The molecule has 7 rings (SSSR count). The summed E-state index contributed by atoms with van der Waals surface area (Å²) in [6.45, 7) is 0. The highest BCUT2D eigenvalue weighted by atomic mass is 79.9. The van der Waals surface area contributed by atoms with E-state index in [1.54, 1.807) is 30.3 Å². The molecule has 0 N–H and O–H groups in total. The van der Waals surface area contributed by atoms with Gasteiger partial charge in [-0.3, -0.25) is 10.1 Å². The van der Waals surface area contributed by atoms with E-state index in [-0.39, 0.29) is 17.1 Å². The van der Waals surface area contributed by atoms with Crippen LogP contribution in [-0.2, 0) is 0 Å². The molecule has 10 nitrogen and oxygen atoms in total. The van der Waals surface area contributed by atoms with Crippen molar-refractivity contribution in [1.82, 2.24) is 19.6 Å². The summed E-state index contributed by atoms with van der Waals surface area (Å²) in [6.07, 6.45) is 1.51. The lowest BCUT2D eigenvalue weighted by atomic mass is 9.84. The minimum Gasteiger partial charge on any atom is -0.437 e. The zero-order valence-corrected chi connectivity index (χ0v) is 20.8. The normalized spacial score (nSPS) is 14.2. The number of para-hydroxylation sites is 1. The van der Waals surface area contributed by atoms with Gasteiger partial charge in [-0.25, -0.2) is 19.3 Å². The van der Waals surface area contributed by atoms with Gasteiger partial charge in [0.2, 0.25) is 5.88 Å². The molecule has 1 unspecified atom stereocenters. The van der Waals surface area contributed by atoms with Crippen LogP contribution in [0.4, 0.5) is 5.69 Å². The van der Waals surface area contributed by atoms with Crippen LogP contribution >= 0.6 is 15.9 Å². The van der Waals surface area contributed by atoms with Crippen LogP contribution in [0.2, 0.25) is 0 Å². The van der Waals surface area contributed by atoms with E-state index >= 15 is 0 Å². The van der Waals surface area contributed by atoms with E-state index < -0.39 is 16.5 Å². The molecule has 3 aromatic carbocycles. The van der Waals surface area contributed by atoms with Crippen molar-refractivity contribution in [3.05, 3.63) is 121 Å². The van der Waals surface area contributed by atoms with Crippen molar-refractivity contribution in [2.75, 3.05) is 0 Å². The second-order valence-electron chi connectivity index (χ2n) is 8.69. The molecule has 1 atom stereocenters. The second-order valence-corrected chi connectivity index (χ2v) is 9.60. The average molecular weight is 568 g/mol. The molecule has 1 aliphatic heterocycles. The third kappa shape index (κ3) is 3.40. The van der Waals surface area contributed by atoms with E-state index in [2.05, 4.69) is 26.0 Å². The molecular weight excluding hydrogens is 554 g/mol. The Morgan fingerprint density at radius 1 is 0.974 bits per heavy atom. The van der Waals surface area contributed by atoms with Crippen molar-refractivity contribution in [3.63, 3.8) is 0 Å². The molecule has 11 heteroatoms. The standard InChI is InChI=1S/C27H14BrN5O5/c28-16-9-5-15(6-10-16)24-30-25-22-20(14-7-11-17(12-8-14)33(35)36)21-23(38-26(22)29-13-32(25)31-24)18-3-1-2-4-19(18)37-27(21)34/h1-13,20H. The van der Waals surface area contributed by atoms with Crippen LogP contribution in [0.1, 0.15) is 22.6 Å². The molecule has 4 heterocycles. The van der Waals surface area contributed by atoms with Gasteiger partial charge in [-0.05, 0) is 29.8 Å². The third-order valence-electron chi connectivity index (χ3n) is 6.50. The Hall–Kier alpha value is -4.90. The first-order valence-corrected chi connectivity index (χ1v) is 12.3. The van der Waals surface area contributed by atoms with Crippen LogP contribution in [0.25, 0.3) is 28.0 Å². The summed E-state index contributed by atoms with van der Waals surface area (Å²) < 4.78 is 14.4. The molecule has 184 valence electrons. The molecule has 0 amide bonds. The van der Waals surface area contributed by atoms with Gasteiger partial charge in [0.25, 0.3) is 5.69 Å². The topological polar surface area (TPSA) is 126 Å². The van der Waals surface area contributed by atoms with Gasteiger partial charge >= 0.3 is 5.63 Å². The summed E-state index contributed by atoms with van der Waals surface area (Å²) >= 11 is 3.44. The van der Waals surface area contributed by atoms with E-state index in [1.165, 1.54) is 23.0 Å². The van der Waals surface area contributed by atoms with Crippen LogP contribution in [0.5, 0.6) is 11.6 Å². The van der Waals surface area contributed by atoms with Gasteiger partial charge in [-0.1, -0.05) is 52.3 Å². The molecule has 38 heavy (non-hydrogen) atoms. The lowest BCUT2D eigenvalue weighted by Crippen LogP contribution is -2.22. The van der Waals surface area contributed by atoms with Crippen LogP contribution in [0, 0.1) is 10.1 Å². The number of ether oxygens (including phenoxy) is 1. The number of hydrogen-bond acceptors (Lipinski definition) is 8. The quantitative estimate of drug-likeness (QED) is 0.148. The van der Waals surface area contributed by atoms with E-state index in [9.17, 15) is 14.9 Å². The number of nitrogens with zero attached hydrogens (tertiary/aromatic N) is 5. The van der Waals surface area contributed by atoms with Gasteiger partial charge in [-0.2, -0.15) is 0 Å². The largest absolute Gasteiger partial charge is 0.437 e. The third-order valence-corrected chi connectivity index (χ3v) is 7.03. The fraction of sp³-hybridized carbons (Fsp3) is 0.0370. The number of halogens is 1. The van der Waals surface area contributed by atoms with Crippen molar-refractivity contribution < 1.29 is 14.1 Å². The monoisotopic (exact) mass is 567 g/mol. The van der Waals surface area contributed by atoms with Crippen molar-refractivity contribution in [2.45, 2.75) is 5.92 Å². The molecule has 0 saturated heterocycles. The molecule has 0 fully saturated rings. The molecule has 1 aliphatic rings. The van der Waals surface area contributed by atoms with Crippen molar-refractivity contribution in [3.8, 4) is 23.0 Å². The number of nitro benzene ring substituents is 1. The van der Waals surface area contributed by atoms with E-state index in [0.29, 0.717) is 39.3 Å². The van der Waals surface area contributed by atoms with Gasteiger partial charge in [0.1, 0.15) is 11.9 Å². The highest BCUT2D eigenvalue weighted by Gasteiger charge is 2.37. The lowest BCUT2D eigenvalue weighted by molar-refractivity contribution is -0.384. The van der Waals surface area contributed by atoms with Crippen LogP contribution in [0.15, 0.2) is 92.8 Å². The zero-order valence-electron chi connectivity index (χ0n) is 19.2. The van der Waals surface area contributed by atoms with Gasteiger partial charge in [0.15, 0.2) is 17.2 Å². The highest BCUT2D eigenvalue weighted by Crippen LogP contribution is 2.49. The Labute approximate surface area is 221 Å². The van der Waals surface area contributed by atoms with Gasteiger partial charge in [-0.15, -0.1) is 5.10 Å². The minimum atomic E-state index is -0.728. The molecule has 0 saturated carbocycles. The van der Waals surface area contributed by atoms with Crippen molar-refractivity contribution >= 4 is 38.2 Å². The van der Waals surface area contributed by atoms with E-state index in [0.717, 1.165) is 10.0 Å². The zero-order chi connectivity index (χ0) is 26.0. The molecular formula is C27H14BrN5O5. The molecule has 6 aromatic rings. The Morgan fingerprint density at radius 3 is 2.50 bits per heavy atom. The summed E-state index contributed by atoms with van der Waals surface area (Å²) in [7, 11) is 0. The minimum absolute atomic E-state index is 0.0665. The Kier molecular flexibility index (Phi) is 4.88. The summed E-state index contributed by atoms with van der Waals surface area (Å²) in [4.78, 5) is 33.6. The molecule has 0 spiro atoms. The second kappa shape index (κ2) is 8.32. The lowest BCUT2D eigenvalue weighted by Gasteiger charge is -2.27. The van der Waals surface area contributed by atoms with Crippen LogP contribution < -0.4 is 10.4 Å². The smallest absolute Gasteiger partial charge is 0.344 e. The molecule has 3 aromatic heterocycles. The SMILES string of the molecule is O=c1oc2ccccc2c2c1C(c1ccc([N+](=O)[O-])cc1)c1c(ncn3nc(-c4ccc(Br)cc4)nc13)O2. The fourth-order valence-corrected chi connectivity index (χ4v) is 5.04. The number of benzene rings is 3. The Bertz CT molecular complexity index is 1970. The molecule has 0 bridgehead atoms. The maximum absolute atomic E-state index is 13.4. The summed E-state index contributed by atoms with van der Waals surface area (Å²) in [5, 5.41) is 16.5. The number of aromatic nitrogens is 4. The first kappa shape index (κ1) is 22.3. The molecule has 0 radical (unpaired) electrons. The van der Waals surface area contributed by atoms with Gasteiger partial charge in [0, 0.05) is 22.2 Å². The Balaban J connectivity index is 1.52. The van der Waals surface area contributed by atoms with E-state index in [1.807, 2.05) is 30.3 Å². The summed E-state index contributed by atoms with van der Waals surface area (Å²) in [5.41, 5.74) is 2.34.